The normalized spacial score (nSPS) is 16.6. The van der Waals surface area contributed by atoms with E-state index in [0.29, 0.717) is 10.0 Å². The molecule has 96 valence electrons. The second-order valence-corrected chi connectivity index (χ2v) is 5.36. The number of halogens is 2. The number of hydrogen-bond donors (Lipinski definition) is 2. The maximum Gasteiger partial charge on any atom is 0.0595 e. The summed E-state index contributed by atoms with van der Waals surface area (Å²) >= 11 is 11.9. The van der Waals surface area contributed by atoms with Gasteiger partial charge >= 0.3 is 0 Å². The Morgan fingerprint density at radius 3 is 2.35 bits per heavy atom. The van der Waals surface area contributed by atoms with Crippen LogP contribution in [-0.4, -0.2) is 17.3 Å². The molecule has 0 bridgehead atoms. The van der Waals surface area contributed by atoms with E-state index < -0.39 is 0 Å². The zero-order valence-corrected chi connectivity index (χ0v) is 11.9. The SMILES string of the molecule is CC(O)CC(C)NC(C)c1ccc(Cl)c(Cl)c1. The summed E-state index contributed by atoms with van der Waals surface area (Å²) in [7, 11) is 0. The molecule has 2 N–H and O–H groups in total. The molecule has 2 nitrogen and oxygen atoms in total. The molecule has 0 aromatic heterocycles. The van der Waals surface area contributed by atoms with Crippen LogP contribution in [0.15, 0.2) is 18.2 Å². The molecule has 0 radical (unpaired) electrons. The van der Waals surface area contributed by atoms with Crippen LogP contribution in [0, 0.1) is 0 Å². The molecule has 4 heteroatoms. The van der Waals surface area contributed by atoms with Gasteiger partial charge in [-0.1, -0.05) is 29.3 Å². The van der Waals surface area contributed by atoms with Gasteiger partial charge in [-0.25, -0.2) is 0 Å². The maximum absolute atomic E-state index is 9.31. The summed E-state index contributed by atoms with van der Waals surface area (Å²) in [5.41, 5.74) is 1.09. The van der Waals surface area contributed by atoms with Crippen molar-refractivity contribution in [2.24, 2.45) is 0 Å². The van der Waals surface area contributed by atoms with E-state index in [1.165, 1.54) is 0 Å². The van der Waals surface area contributed by atoms with Gasteiger partial charge < -0.3 is 10.4 Å². The van der Waals surface area contributed by atoms with E-state index in [2.05, 4.69) is 19.2 Å². The Bertz CT molecular complexity index is 368. The fraction of sp³-hybridized carbons (Fsp3) is 0.538. The molecule has 1 rings (SSSR count). The number of benzene rings is 1. The van der Waals surface area contributed by atoms with E-state index >= 15 is 0 Å². The standard InChI is InChI=1S/C13H19Cl2NO/c1-8(6-9(2)17)16-10(3)11-4-5-12(14)13(15)7-11/h4-5,7-10,16-17H,6H2,1-3H3. The van der Waals surface area contributed by atoms with Crippen LogP contribution in [0.3, 0.4) is 0 Å². The van der Waals surface area contributed by atoms with Gasteiger partial charge in [0.25, 0.3) is 0 Å². The van der Waals surface area contributed by atoms with Crippen LogP contribution in [0.5, 0.6) is 0 Å². The first-order valence-electron chi connectivity index (χ1n) is 5.79. The Morgan fingerprint density at radius 2 is 1.82 bits per heavy atom. The highest BCUT2D eigenvalue weighted by molar-refractivity contribution is 6.42. The quantitative estimate of drug-likeness (QED) is 0.857. The predicted octanol–water partition coefficient (Wildman–Crippen LogP) is 3.80. The van der Waals surface area contributed by atoms with Crippen LogP contribution >= 0.6 is 23.2 Å². The Hall–Kier alpha value is -0.280. The molecule has 0 spiro atoms. The van der Waals surface area contributed by atoms with Crippen molar-refractivity contribution in [3.05, 3.63) is 33.8 Å². The molecule has 0 heterocycles. The largest absolute Gasteiger partial charge is 0.393 e. The maximum atomic E-state index is 9.31. The zero-order chi connectivity index (χ0) is 13.0. The van der Waals surface area contributed by atoms with Gasteiger partial charge in [0.1, 0.15) is 0 Å². The highest BCUT2D eigenvalue weighted by Gasteiger charge is 2.12. The highest BCUT2D eigenvalue weighted by atomic mass is 35.5. The van der Waals surface area contributed by atoms with Crippen molar-refractivity contribution >= 4 is 23.2 Å². The van der Waals surface area contributed by atoms with Crippen LogP contribution in [-0.2, 0) is 0 Å². The molecule has 3 unspecified atom stereocenters. The van der Waals surface area contributed by atoms with E-state index in [4.69, 9.17) is 23.2 Å². The molecule has 0 aliphatic heterocycles. The highest BCUT2D eigenvalue weighted by Crippen LogP contribution is 2.25. The van der Waals surface area contributed by atoms with Crippen molar-refractivity contribution in [2.75, 3.05) is 0 Å². The third-order valence-corrected chi connectivity index (χ3v) is 3.41. The number of hydrogen-bond acceptors (Lipinski definition) is 2. The van der Waals surface area contributed by atoms with Crippen molar-refractivity contribution in [1.82, 2.24) is 5.32 Å². The molecular weight excluding hydrogens is 257 g/mol. The minimum absolute atomic E-state index is 0.179. The molecule has 1 aromatic carbocycles. The van der Waals surface area contributed by atoms with E-state index in [-0.39, 0.29) is 18.2 Å². The number of aliphatic hydroxyl groups is 1. The molecule has 0 saturated carbocycles. The molecule has 17 heavy (non-hydrogen) atoms. The summed E-state index contributed by atoms with van der Waals surface area (Å²) in [6.45, 7) is 5.92. The van der Waals surface area contributed by atoms with Gasteiger partial charge in [-0.15, -0.1) is 0 Å². The van der Waals surface area contributed by atoms with Crippen molar-refractivity contribution in [1.29, 1.82) is 0 Å². The van der Waals surface area contributed by atoms with Crippen LogP contribution in [0.25, 0.3) is 0 Å². The molecule has 1 aromatic rings. The van der Waals surface area contributed by atoms with Crippen LogP contribution in [0.1, 0.15) is 38.8 Å². The lowest BCUT2D eigenvalue weighted by molar-refractivity contribution is 0.168. The summed E-state index contributed by atoms with van der Waals surface area (Å²) < 4.78 is 0. The minimum atomic E-state index is -0.293. The van der Waals surface area contributed by atoms with E-state index in [0.717, 1.165) is 12.0 Å². The summed E-state index contributed by atoms with van der Waals surface area (Å²) in [5, 5.41) is 13.9. The second-order valence-electron chi connectivity index (χ2n) is 4.55. The smallest absolute Gasteiger partial charge is 0.0595 e. The molecule has 0 aliphatic carbocycles. The van der Waals surface area contributed by atoms with Crippen molar-refractivity contribution in [3.63, 3.8) is 0 Å². The van der Waals surface area contributed by atoms with Gasteiger partial charge in [0.05, 0.1) is 16.1 Å². The number of aliphatic hydroxyl groups excluding tert-OH is 1. The zero-order valence-electron chi connectivity index (χ0n) is 10.4. The second kappa shape index (κ2) is 6.60. The molecule has 3 atom stereocenters. The topological polar surface area (TPSA) is 32.3 Å². The minimum Gasteiger partial charge on any atom is -0.393 e. The first kappa shape index (κ1) is 14.8. The molecule has 0 fully saturated rings. The van der Waals surface area contributed by atoms with E-state index in [1.54, 1.807) is 13.0 Å². The van der Waals surface area contributed by atoms with Gasteiger partial charge in [-0.3, -0.25) is 0 Å². The van der Waals surface area contributed by atoms with E-state index in [1.807, 2.05) is 12.1 Å². The Labute approximate surface area is 113 Å². The third kappa shape index (κ3) is 4.84. The summed E-state index contributed by atoms with van der Waals surface area (Å²) in [5.74, 6) is 0. The summed E-state index contributed by atoms with van der Waals surface area (Å²) in [6.07, 6.45) is 0.435. The average molecular weight is 276 g/mol. The first-order chi connectivity index (χ1) is 7.90. The predicted molar refractivity (Wildman–Crippen MR) is 73.8 cm³/mol. The first-order valence-corrected chi connectivity index (χ1v) is 6.54. The van der Waals surface area contributed by atoms with Gasteiger partial charge in [-0.05, 0) is 44.9 Å². The van der Waals surface area contributed by atoms with Gasteiger partial charge in [0, 0.05) is 12.1 Å². The van der Waals surface area contributed by atoms with Crippen LogP contribution < -0.4 is 5.32 Å². The summed E-state index contributed by atoms with van der Waals surface area (Å²) in [4.78, 5) is 0. The molecular formula is C13H19Cl2NO. The number of rotatable bonds is 5. The average Bonchev–Trinajstić information content (AvgIpc) is 2.20. The van der Waals surface area contributed by atoms with Gasteiger partial charge in [0.2, 0.25) is 0 Å². The van der Waals surface area contributed by atoms with Crippen molar-refractivity contribution in [3.8, 4) is 0 Å². The van der Waals surface area contributed by atoms with Crippen LogP contribution in [0.4, 0.5) is 0 Å². The lowest BCUT2D eigenvalue weighted by atomic mass is 10.1. The van der Waals surface area contributed by atoms with Gasteiger partial charge in [0.15, 0.2) is 0 Å². The van der Waals surface area contributed by atoms with Crippen molar-refractivity contribution < 1.29 is 5.11 Å². The Balaban J connectivity index is 2.63. The van der Waals surface area contributed by atoms with Crippen molar-refractivity contribution in [2.45, 2.75) is 45.4 Å². The fourth-order valence-electron chi connectivity index (χ4n) is 1.88. The molecule has 0 amide bonds. The monoisotopic (exact) mass is 275 g/mol. The van der Waals surface area contributed by atoms with Gasteiger partial charge in [-0.2, -0.15) is 0 Å². The summed E-state index contributed by atoms with van der Waals surface area (Å²) in [6, 6.07) is 6.06. The number of nitrogens with one attached hydrogen (secondary N) is 1. The van der Waals surface area contributed by atoms with Crippen LogP contribution in [0.2, 0.25) is 10.0 Å². The lowest BCUT2D eigenvalue weighted by Crippen LogP contribution is -2.31. The molecule has 0 saturated heterocycles. The Kier molecular flexibility index (Phi) is 5.74. The molecule has 0 aliphatic rings. The third-order valence-electron chi connectivity index (χ3n) is 2.67. The van der Waals surface area contributed by atoms with E-state index in [9.17, 15) is 5.11 Å². The Morgan fingerprint density at radius 1 is 1.18 bits per heavy atom. The lowest BCUT2D eigenvalue weighted by Gasteiger charge is -2.21. The fourth-order valence-corrected chi connectivity index (χ4v) is 2.19.